The molecule has 1 aliphatic heterocycles. The first kappa shape index (κ1) is 33.3. The standard InChI is InChI=1S/C51H41N5O/c1-51(2,3)35-26-37(55-32-54(36-16-6-5-7-17-36)45-20-12-13-21-46(45)55)28-39(27-35)57-38-22-23-41-40-18-10-11-19-44(40)56(49(41)29-38)50-30-48-43(31-52-50)42-24-33-14-8-9-15-34(33)25-47(42)53(48)4/h5-31H,32H2,1-4H3. The first-order valence-corrected chi connectivity index (χ1v) is 19.6. The van der Waals surface area contributed by atoms with Gasteiger partial charge in [-0.25, -0.2) is 4.98 Å². The lowest BCUT2D eigenvalue weighted by atomic mass is 9.86. The van der Waals surface area contributed by atoms with Crippen molar-refractivity contribution in [1.29, 1.82) is 0 Å². The van der Waals surface area contributed by atoms with Gasteiger partial charge >= 0.3 is 0 Å². The Morgan fingerprint density at radius 1 is 0.509 bits per heavy atom. The van der Waals surface area contributed by atoms with Crippen LogP contribution in [0.2, 0.25) is 0 Å². The van der Waals surface area contributed by atoms with Crippen LogP contribution in [0.25, 0.3) is 60.2 Å². The van der Waals surface area contributed by atoms with E-state index in [1.807, 2.05) is 6.20 Å². The van der Waals surface area contributed by atoms with E-state index in [0.717, 1.165) is 50.3 Å². The zero-order valence-corrected chi connectivity index (χ0v) is 32.4. The molecule has 0 spiro atoms. The Morgan fingerprint density at radius 3 is 1.96 bits per heavy atom. The van der Waals surface area contributed by atoms with Crippen LogP contribution < -0.4 is 14.5 Å². The molecule has 0 unspecified atom stereocenters. The number of hydrogen-bond donors (Lipinski definition) is 0. The Labute approximate surface area is 331 Å². The van der Waals surface area contributed by atoms with E-state index in [1.54, 1.807) is 0 Å². The number of aryl methyl sites for hydroxylation is 1. The summed E-state index contributed by atoms with van der Waals surface area (Å²) in [6.45, 7) is 7.48. The third-order valence-corrected chi connectivity index (χ3v) is 11.7. The van der Waals surface area contributed by atoms with Crippen molar-refractivity contribution in [3.63, 3.8) is 0 Å². The summed E-state index contributed by atoms with van der Waals surface area (Å²) in [5.74, 6) is 2.44. The smallest absolute Gasteiger partial charge is 0.139 e. The normalized spacial score (nSPS) is 13.1. The van der Waals surface area contributed by atoms with Crippen molar-refractivity contribution < 1.29 is 4.74 Å². The van der Waals surface area contributed by atoms with Gasteiger partial charge in [0.15, 0.2) is 0 Å². The minimum absolute atomic E-state index is 0.0956. The zero-order valence-electron chi connectivity index (χ0n) is 32.4. The topological polar surface area (TPSA) is 38.5 Å². The Bertz CT molecular complexity index is 3210. The van der Waals surface area contributed by atoms with Gasteiger partial charge in [-0.15, -0.1) is 0 Å². The fraction of sp³-hybridized carbons (Fsp3) is 0.118. The molecule has 4 heterocycles. The number of para-hydroxylation sites is 4. The maximum atomic E-state index is 6.90. The lowest BCUT2D eigenvalue weighted by molar-refractivity contribution is 0.479. The van der Waals surface area contributed by atoms with Crippen LogP contribution >= 0.6 is 0 Å². The highest BCUT2D eigenvalue weighted by atomic mass is 16.5. The second-order valence-corrected chi connectivity index (χ2v) is 16.3. The van der Waals surface area contributed by atoms with E-state index >= 15 is 0 Å². The summed E-state index contributed by atoms with van der Waals surface area (Å²) in [4.78, 5) is 9.91. The van der Waals surface area contributed by atoms with Crippen molar-refractivity contribution in [2.45, 2.75) is 26.2 Å². The molecular formula is C51H41N5O. The second-order valence-electron chi connectivity index (χ2n) is 16.3. The van der Waals surface area contributed by atoms with Gasteiger partial charge in [-0.05, 0) is 88.5 Å². The van der Waals surface area contributed by atoms with E-state index in [9.17, 15) is 0 Å². The molecule has 7 aromatic carbocycles. The second kappa shape index (κ2) is 12.5. The third-order valence-electron chi connectivity index (χ3n) is 11.7. The summed E-state index contributed by atoms with van der Waals surface area (Å²) >= 11 is 0. The van der Waals surface area contributed by atoms with Gasteiger partial charge in [0, 0.05) is 69.9 Å². The zero-order chi connectivity index (χ0) is 38.4. The van der Waals surface area contributed by atoms with Crippen molar-refractivity contribution in [3.8, 4) is 17.3 Å². The monoisotopic (exact) mass is 739 g/mol. The van der Waals surface area contributed by atoms with E-state index in [1.165, 1.54) is 49.7 Å². The van der Waals surface area contributed by atoms with Crippen LogP contribution in [0.4, 0.5) is 22.7 Å². The molecule has 0 radical (unpaired) electrons. The van der Waals surface area contributed by atoms with Gasteiger partial charge < -0.3 is 19.1 Å². The van der Waals surface area contributed by atoms with E-state index in [4.69, 9.17) is 9.72 Å². The molecule has 57 heavy (non-hydrogen) atoms. The van der Waals surface area contributed by atoms with E-state index in [-0.39, 0.29) is 5.41 Å². The van der Waals surface area contributed by atoms with Crippen molar-refractivity contribution in [3.05, 3.63) is 169 Å². The quantitative estimate of drug-likeness (QED) is 0.176. The van der Waals surface area contributed by atoms with E-state index < -0.39 is 0 Å². The predicted molar refractivity (Wildman–Crippen MR) is 237 cm³/mol. The van der Waals surface area contributed by atoms with Crippen LogP contribution in [-0.2, 0) is 12.5 Å². The first-order chi connectivity index (χ1) is 27.8. The Kier molecular flexibility index (Phi) is 7.29. The van der Waals surface area contributed by atoms with Gasteiger partial charge in [0.1, 0.15) is 24.0 Å². The number of benzene rings is 7. The fourth-order valence-corrected chi connectivity index (χ4v) is 8.78. The van der Waals surface area contributed by atoms with Gasteiger partial charge in [-0.3, -0.25) is 4.57 Å². The summed E-state index contributed by atoms with van der Waals surface area (Å²) in [7, 11) is 2.15. The molecule has 3 aromatic heterocycles. The van der Waals surface area contributed by atoms with Gasteiger partial charge in [0.25, 0.3) is 0 Å². The minimum Gasteiger partial charge on any atom is -0.457 e. The molecule has 6 nitrogen and oxygen atoms in total. The molecule has 0 fully saturated rings. The van der Waals surface area contributed by atoms with Crippen LogP contribution in [0.5, 0.6) is 11.5 Å². The molecule has 0 atom stereocenters. The Hall–Kier alpha value is -7.05. The lowest BCUT2D eigenvalue weighted by Gasteiger charge is -2.26. The van der Waals surface area contributed by atoms with Crippen LogP contribution in [-0.4, -0.2) is 20.8 Å². The lowest BCUT2D eigenvalue weighted by Crippen LogP contribution is -2.24. The molecule has 0 saturated heterocycles. The van der Waals surface area contributed by atoms with Gasteiger partial charge in [-0.1, -0.05) is 93.6 Å². The van der Waals surface area contributed by atoms with Crippen molar-refractivity contribution in [1.82, 2.24) is 14.1 Å². The number of rotatable bonds is 5. The molecule has 276 valence electrons. The largest absolute Gasteiger partial charge is 0.457 e. The molecule has 0 aliphatic carbocycles. The summed E-state index contributed by atoms with van der Waals surface area (Å²) in [6, 6.07) is 56.4. The highest BCUT2D eigenvalue weighted by Crippen LogP contribution is 2.46. The molecule has 6 heteroatoms. The SMILES string of the molecule is Cn1c2cc(-n3c4ccccc4c4ccc(Oc5cc(N6CN(c7ccccc7)c7ccccc76)cc(C(C)(C)C)c5)cc43)ncc2c2cc3ccccc3cc21. The summed E-state index contributed by atoms with van der Waals surface area (Å²) in [5.41, 5.74) is 10.2. The van der Waals surface area contributed by atoms with E-state index in [2.05, 4.69) is 204 Å². The minimum atomic E-state index is -0.0956. The number of aromatic nitrogens is 3. The molecule has 0 amide bonds. The number of ether oxygens (including phenoxy) is 1. The third kappa shape index (κ3) is 5.35. The van der Waals surface area contributed by atoms with Crippen LogP contribution in [0.3, 0.4) is 0 Å². The number of anilines is 4. The molecule has 11 rings (SSSR count). The fourth-order valence-electron chi connectivity index (χ4n) is 8.78. The molecule has 0 bridgehead atoms. The highest BCUT2D eigenvalue weighted by Gasteiger charge is 2.29. The van der Waals surface area contributed by atoms with Crippen LogP contribution in [0, 0.1) is 0 Å². The molecule has 10 aromatic rings. The average molecular weight is 740 g/mol. The number of hydrogen-bond acceptors (Lipinski definition) is 4. The number of nitrogens with zero attached hydrogens (tertiary/aromatic N) is 5. The molecular weight excluding hydrogens is 699 g/mol. The Morgan fingerprint density at radius 2 is 1.18 bits per heavy atom. The van der Waals surface area contributed by atoms with Crippen LogP contribution in [0.1, 0.15) is 26.3 Å². The summed E-state index contributed by atoms with van der Waals surface area (Å²) in [6.07, 6.45) is 2.04. The first-order valence-electron chi connectivity index (χ1n) is 19.6. The van der Waals surface area contributed by atoms with E-state index in [0.29, 0.717) is 6.67 Å². The van der Waals surface area contributed by atoms with Crippen LogP contribution in [0.15, 0.2) is 164 Å². The average Bonchev–Trinajstić information content (AvgIpc) is 3.87. The predicted octanol–water partition coefficient (Wildman–Crippen LogP) is 13.3. The molecule has 0 N–H and O–H groups in total. The summed E-state index contributed by atoms with van der Waals surface area (Å²) in [5, 5.41) is 7.16. The van der Waals surface area contributed by atoms with Crippen molar-refractivity contribution >= 4 is 77.1 Å². The number of pyridine rings is 1. The molecule has 1 aliphatic rings. The maximum Gasteiger partial charge on any atom is 0.139 e. The van der Waals surface area contributed by atoms with Gasteiger partial charge in [0.05, 0.1) is 27.9 Å². The van der Waals surface area contributed by atoms with Crippen molar-refractivity contribution in [2.24, 2.45) is 7.05 Å². The summed E-state index contributed by atoms with van der Waals surface area (Å²) < 4.78 is 11.5. The Balaban J connectivity index is 1.02. The molecule has 0 saturated carbocycles. The van der Waals surface area contributed by atoms with Gasteiger partial charge in [0.2, 0.25) is 0 Å². The van der Waals surface area contributed by atoms with Gasteiger partial charge in [-0.2, -0.15) is 0 Å². The maximum absolute atomic E-state index is 6.90. The highest BCUT2D eigenvalue weighted by molar-refractivity contribution is 6.13. The number of fused-ring (bicyclic) bond motifs is 8. The van der Waals surface area contributed by atoms with Crippen molar-refractivity contribution in [2.75, 3.05) is 16.5 Å².